The monoisotopic (exact) mass is 360 g/mol. The number of nitro benzene ring substituents is 1. The van der Waals surface area contributed by atoms with E-state index in [0.717, 1.165) is 18.4 Å². The number of ether oxygens (including phenoxy) is 1. The number of anilines is 1. The third-order valence-electron chi connectivity index (χ3n) is 3.88. The molecule has 0 saturated heterocycles. The van der Waals surface area contributed by atoms with Crippen LogP contribution in [0.1, 0.15) is 52.0 Å². The van der Waals surface area contributed by atoms with Crippen molar-refractivity contribution in [2.24, 2.45) is 0 Å². The van der Waals surface area contributed by atoms with Gasteiger partial charge in [-0.05, 0) is 48.8 Å². The zero-order chi connectivity index (χ0) is 18.0. The van der Waals surface area contributed by atoms with Gasteiger partial charge in [0.15, 0.2) is 0 Å². The van der Waals surface area contributed by atoms with E-state index in [2.05, 4.69) is 5.32 Å². The Kier molecular flexibility index (Phi) is 4.80. The summed E-state index contributed by atoms with van der Waals surface area (Å²) in [6, 6.07) is 5.30. The molecule has 0 atom stereocenters. The van der Waals surface area contributed by atoms with Gasteiger partial charge in [-0.15, -0.1) is 11.3 Å². The fourth-order valence-electron chi connectivity index (χ4n) is 2.48. The number of nitrogens with one attached hydrogen (secondary N) is 1. The summed E-state index contributed by atoms with van der Waals surface area (Å²) in [5.41, 5.74) is 1.53. The smallest absolute Gasteiger partial charge is 0.341 e. The Labute approximate surface area is 147 Å². The molecule has 7 nitrogen and oxygen atoms in total. The Bertz CT molecular complexity index is 824. The van der Waals surface area contributed by atoms with Gasteiger partial charge in [0.1, 0.15) is 5.00 Å². The number of hydrogen-bond donors (Lipinski definition) is 1. The molecule has 0 radical (unpaired) electrons. The van der Waals surface area contributed by atoms with Crippen molar-refractivity contribution in [1.82, 2.24) is 0 Å². The van der Waals surface area contributed by atoms with Gasteiger partial charge in [-0.2, -0.15) is 0 Å². The lowest BCUT2D eigenvalue weighted by atomic mass is 10.1. The number of carbonyl (C=O) groups excluding carboxylic acids is 2. The summed E-state index contributed by atoms with van der Waals surface area (Å²) in [5.74, 6) is -0.519. The number of esters is 1. The summed E-state index contributed by atoms with van der Waals surface area (Å²) in [6.07, 6.45) is 2.05. The maximum atomic E-state index is 12.4. The van der Waals surface area contributed by atoms with Crippen LogP contribution < -0.4 is 5.32 Å². The van der Waals surface area contributed by atoms with Crippen LogP contribution in [-0.4, -0.2) is 23.4 Å². The normalized spacial score (nSPS) is 13.3. The Morgan fingerprint density at radius 1 is 1.32 bits per heavy atom. The molecule has 0 aliphatic heterocycles. The first-order valence-electron chi connectivity index (χ1n) is 7.85. The molecule has 1 aliphatic carbocycles. The third kappa shape index (κ3) is 3.69. The lowest BCUT2D eigenvalue weighted by Gasteiger charge is -2.08. The van der Waals surface area contributed by atoms with Gasteiger partial charge in [-0.25, -0.2) is 4.79 Å². The summed E-state index contributed by atoms with van der Waals surface area (Å²) in [7, 11) is 0. The molecule has 130 valence electrons. The van der Waals surface area contributed by atoms with E-state index in [1.54, 1.807) is 6.92 Å². The highest BCUT2D eigenvalue weighted by Gasteiger charge is 2.32. The molecular formula is C17H16N2O5S. The van der Waals surface area contributed by atoms with Crippen LogP contribution in [0.3, 0.4) is 0 Å². The van der Waals surface area contributed by atoms with Crippen molar-refractivity contribution in [2.75, 3.05) is 11.9 Å². The van der Waals surface area contributed by atoms with E-state index in [1.807, 2.05) is 5.38 Å². The fraction of sp³-hybridized carbons (Fsp3) is 0.294. The highest BCUT2D eigenvalue weighted by Crippen LogP contribution is 2.46. The Hall–Kier alpha value is -2.74. The van der Waals surface area contributed by atoms with Crippen LogP contribution in [0.5, 0.6) is 0 Å². The average Bonchev–Trinajstić information content (AvgIpc) is 3.36. The number of amides is 1. The molecular weight excluding hydrogens is 344 g/mol. The first-order chi connectivity index (χ1) is 12.0. The number of thiophene rings is 1. The number of nitrogens with zero attached hydrogens (tertiary/aromatic N) is 1. The van der Waals surface area contributed by atoms with Crippen LogP contribution >= 0.6 is 11.3 Å². The molecule has 1 fully saturated rings. The molecule has 0 bridgehead atoms. The summed E-state index contributed by atoms with van der Waals surface area (Å²) >= 11 is 1.29. The van der Waals surface area contributed by atoms with E-state index in [4.69, 9.17) is 4.74 Å². The second-order valence-electron chi connectivity index (χ2n) is 5.65. The summed E-state index contributed by atoms with van der Waals surface area (Å²) in [5, 5.41) is 15.7. The van der Waals surface area contributed by atoms with E-state index in [9.17, 15) is 19.7 Å². The molecule has 8 heteroatoms. The maximum absolute atomic E-state index is 12.4. The number of benzene rings is 1. The molecule has 1 amide bonds. The van der Waals surface area contributed by atoms with Crippen molar-refractivity contribution < 1.29 is 19.2 Å². The maximum Gasteiger partial charge on any atom is 0.341 e. The minimum atomic E-state index is -0.526. The molecule has 2 aromatic rings. The van der Waals surface area contributed by atoms with Crippen LogP contribution in [0.25, 0.3) is 0 Å². The number of nitro groups is 1. The molecule has 1 saturated carbocycles. The predicted molar refractivity (Wildman–Crippen MR) is 93.3 cm³/mol. The minimum absolute atomic E-state index is 0.0871. The van der Waals surface area contributed by atoms with Gasteiger partial charge in [0, 0.05) is 17.7 Å². The van der Waals surface area contributed by atoms with Gasteiger partial charge in [0.25, 0.3) is 11.6 Å². The summed E-state index contributed by atoms with van der Waals surface area (Å²) in [4.78, 5) is 34.8. The van der Waals surface area contributed by atoms with Crippen molar-refractivity contribution in [3.8, 4) is 0 Å². The van der Waals surface area contributed by atoms with Gasteiger partial charge in [-0.1, -0.05) is 0 Å². The van der Waals surface area contributed by atoms with Gasteiger partial charge < -0.3 is 10.1 Å². The number of carbonyl (C=O) groups is 2. The van der Waals surface area contributed by atoms with Crippen LogP contribution in [0.2, 0.25) is 0 Å². The lowest BCUT2D eigenvalue weighted by Crippen LogP contribution is -2.15. The van der Waals surface area contributed by atoms with Crippen molar-refractivity contribution in [3.05, 3.63) is 56.5 Å². The highest BCUT2D eigenvalue weighted by atomic mass is 32.1. The molecule has 1 heterocycles. The van der Waals surface area contributed by atoms with Gasteiger partial charge in [0.05, 0.1) is 17.1 Å². The zero-order valence-electron chi connectivity index (χ0n) is 13.5. The van der Waals surface area contributed by atoms with Crippen LogP contribution in [0.15, 0.2) is 29.6 Å². The fourth-order valence-corrected chi connectivity index (χ4v) is 3.51. The van der Waals surface area contributed by atoms with Crippen molar-refractivity contribution in [3.63, 3.8) is 0 Å². The molecule has 1 aromatic carbocycles. The van der Waals surface area contributed by atoms with Crippen molar-refractivity contribution >= 4 is 33.9 Å². The molecule has 1 N–H and O–H groups in total. The van der Waals surface area contributed by atoms with E-state index in [0.29, 0.717) is 16.5 Å². The highest BCUT2D eigenvalue weighted by molar-refractivity contribution is 7.15. The first-order valence-corrected chi connectivity index (χ1v) is 8.73. The Balaban J connectivity index is 1.83. The van der Waals surface area contributed by atoms with Gasteiger partial charge >= 0.3 is 5.97 Å². The second kappa shape index (κ2) is 7.02. The van der Waals surface area contributed by atoms with Crippen LogP contribution in [-0.2, 0) is 4.74 Å². The zero-order valence-corrected chi connectivity index (χ0v) is 14.3. The second-order valence-corrected chi connectivity index (χ2v) is 6.53. The summed E-state index contributed by atoms with van der Waals surface area (Å²) in [6.45, 7) is 1.99. The van der Waals surface area contributed by atoms with E-state index in [-0.39, 0.29) is 17.9 Å². The van der Waals surface area contributed by atoms with E-state index < -0.39 is 16.8 Å². The molecule has 0 unspecified atom stereocenters. The number of rotatable bonds is 6. The van der Waals surface area contributed by atoms with Crippen LogP contribution in [0, 0.1) is 10.1 Å². The summed E-state index contributed by atoms with van der Waals surface area (Å²) < 4.78 is 5.12. The molecule has 3 rings (SSSR count). The Morgan fingerprint density at radius 3 is 2.56 bits per heavy atom. The third-order valence-corrected chi connectivity index (χ3v) is 4.80. The Morgan fingerprint density at radius 2 is 2.00 bits per heavy atom. The molecule has 0 spiro atoms. The molecule has 25 heavy (non-hydrogen) atoms. The quantitative estimate of drug-likeness (QED) is 0.477. The van der Waals surface area contributed by atoms with Crippen molar-refractivity contribution in [1.29, 1.82) is 0 Å². The van der Waals surface area contributed by atoms with E-state index in [1.165, 1.54) is 35.6 Å². The lowest BCUT2D eigenvalue weighted by molar-refractivity contribution is -0.384. The first kappa shape index (κ1) is 17.1. The minimum Gasteiger partial charge on any atom is -0.462 e. The molecule has 1 aliphatic rings. The van der Waals surface area contributed by atoms with Gasteiger partial charge in [-0.3, -0.25) is 14.9 Å². The molecule has 1 aromatic heterocycles. The topological polar surface area (TPSA) is 98.5 Å². The largest absolute Gasteiger partial charge is 0.462 e. The average molecular weight is 360 g/mol. The van der Waals surface area contributed by atoms with Crippen molar-refractivity contribution in [2.45, 2.75) is 25.7 Å². The predicted octanol–water partition coefficient (Wildman–Crippen LogP) is 3.96. The SMILES string of the molecule is CCOC(=O)c1c(C2CC2)csc1NC(=O)c1ccc([N+](=O)[O-])cc1. The number of non-ortho nitro benzene ring substituents is 1. The van der Waals surface area contributed by atoms with E-state index >= 15 is 0 Å². The standard InChI is InChI=1S/C17H16N2O5S/c1-2-24-17(21)14-13(10-3-4-10)9-25-16(14)18-15(20)11-5-7-12(8-6-11)19(22)23/h5-10H,2-4H2,1H3,(H,18,20). The van der Waals surface area contributed by atoms with Crippen LogP contribution in [0.4, 0.5) is 10.7 Å². The van der Waals surface area contributed by atoms with Gasteiger partial charge in [0.2, 0.25) is 0 Å². The number of hydrogen-bond acceptors (Lipinski definition) is 6.